The third kappa shape index (κ3) is 4.67. The monoisotopic (exact) mass is 322 g/mol. The molecule has 1 aromatic heterocycles. The van der Waals surface area contributed by atoms with Crippen molar-refractivity contribution in [2.45, 2.75) is 32.2 Å². The van der Waals surface area contributed by atoms with E-state index in [1.54, 1.807) is 4.90 Å². The van der Waals surface area contributed by atoms with Crippen LogP contribution in [0.4, 0.5) is 5.88 Å². The molecule has 8 nitrogen and oxygen atoms in total. The minimum Gasteiger partial charge on any atom is -0.452 e. The van der Waals surface area contributed by atoms with Crippen molar-refractivity contribution in [2.24, 2.45) is 0 Å². The Hall–Kier alpha value is -2.64. The molecular weight excluding hydrogens is 304 g/mol. The van der Waals surface area contributed by atoms with Gasteiger partial charge >= 0.3 is 11.9 Å². The minimum absolute atomic E-state index is 0.157. The molecule has 0 aliphatic carbocycles. The molecule has 1 atom stereocenters. The fourth-order valence-corrected chi connectivity index (χ4v) is 2.41. The summed E-state index contributed by atoms with van der Waals surface area (Å²) in [7, 11) is 0. The van der Waals surface area contributed by atoms with Gasteiger partial charge in [-0.05, 0) is 38.3 Å². The van der Waals surface area contributed by atoms with Crippen LogP contribution in [0.15, 0.2) is 22.6 Å². The Balaban J connectivity index is 1.81. The summed E-state index contributed by atoms with van der Waals surface area (Å²) in [4.78, 5) is 35.1. The third-order valence-electron chi connectivity index (χ3n) is 3.64. The summed E-state index contributed by atoms with van der Waals surface area (Å²) >= 11 is 0. The van der Waals surface area contributed by atoms with Crippen molar-refractivity contribution in [3.8, 4) is 0 Å². The molecule has 0 saturated carbocycles. The smallest absolute Gasteiger partial charge is 0.433 e. The summed E-state index contributed by atoms with van der Waals surface area (Å²) in [5.41, 5.74) is 0. The van der Waals surface area contributed by atoms with E-state index >= 15 is 0 Å². The zero-order valence-electron chi connectivity index (χ0n) is 12.8. The topological polar surface area (TPSA) is 103 Å². The number of hydrogen-bond donors (Lipinski definition) is 0. The molecule has 2 rings (SSSR count). The highest BCUT2D eigenvalue weighted by Crippen LogP contribution is 2.17. The van der Waals surface area contributed by atoms with E-state index in [0.29, 0.717) is 6.54 Å². The first-order chi connectivity index (χ1) is 11.0. The van der Waals surface area contributed by atoms with E-state index < -0.39 is 16.8 Å². The van der Waals surface area contributed by atoms with Gasteiger partial charge in [0, 0.05) is 18.7 Å². The second-order valence-corrected chi connectivity index (χ2v) is 5.31. The largest absolute Gasteiger partial charge is 0.452 e. The van der Waals surface area contributed by atoms with Crippen LogP contribution >= 0.6 is 0 Å². The lowest BCUT2D eigenvalue weighted by Crippen LogP contribution is -2.44. The van der Waals surface area contributed by atoms with E-state index in [-0.39, 0.29) is 24.3 Å². The number of amides is 1. The van der Waals surface area contributed by atoms with Crippen LogP contribution < -0.4 is 0 Å². The fraction of sp³-hybridized carbons (Fsp3) is 0.467. The first kappa shape index (κ1) is 16.7. The molecule has 1 aliphatic rings. The summed E-state index contributed by atoms with van der Waals surface area (Å²) in [5, 5.41) is 10.5. The Morgan fingerprint density at radius 1 is 1.48 bits per heavy atom. The number of esters is 1. The second kappa shape index (κ2) is 7.57. The maximum absolute atomic E-state index is 12.0. The maximum Gasteiger partial charge on any atom is 0.433 e. The molecule has 124 valence electrons. The van der Waals surface area contributed by atoms with Crippen LogP contribution in [0.25, 0.3) is 6.08 Å². The molecule has 0 N–H and O–H groups in total. The average Bonchev–Trinajstić information content (AvgIpc) is 3.00. The Morgan fingerprint density at radius 3 is 2.91 bits per heavy atom. The molecule has 0 aromatic carbocycles. The van der Waals surface area contributed by atoms with Crippen LogP contribution in [0.2, 0.25) is 0 Å². The Labute approximate surface area is 132 Å². The molecule has 1 saturated heterocycles. The first-order valence-electron chi connectivity index (χ1n) is 7.36. The molecule has 0 unspecified atom stereocenters. The van der Waals surface area contributed by atoms with E-state index in [1.165, 1.54) is 18.2 Å². The van der Waals surface area contributed by atoms with Crippen molar-refractivity contribution in [3.63, 3.8) is 0 Å². The van der Waals surface area contributed by atoms with Gasteiger partial charge in [0.2, 0.25) is 0 Å². The molecule has 1 aromatic rings. The highest BCUT2D eigenvalue weighted by atomic mass is 16.6. The van der Waals surface area contributed by atoms with Crippen LogP contribution in [0.3, 0.4) is 0 Å². The van der Waals surface area contributed by atoms with Crippen LogP contribution in [-0.4, -0.2) is 40.9 Å². The molecule has 0 spiro atoms. The van der Waals surface area contributed by atoms with Crippen LogP contribution in [0.1, 0.15) is 31.9 Å². The maximum atomic E-state index is 12.0. The number of piperidine rings is 1. The Bertz CT molecular complexity index is 621. The predicted molar refractivity (Wildman–Crippen MR) is 80.4 cm³/mol. The van der Waals surface area contributed by atoms with Crippen LogP contribution in [0.5, 0.6) is 0 Å². The molecule has 23 heavy (non-hydrogen) atoms. The number of hydrogen-bond acceptors (Lipinski definition) is 6. The Kier molecular flexibility index (Phi) is 5.51. The summed E-state index contributed by atoms with van der Waals surface area (Å²) < 4.78 is 9.75. The van der Waals surface area contributed by atoms with Crippen LogP contribution in [0, 0.1) is 10.1 Å². The predicted octanol–water partition coefficient (Wildman–Crippen LogP) is 2.15. The van der Waals surface area contributed by atoms with E-state index in [2.05, 4.69) is 0 Å². The lowest BCUT2D eigenvalue weighted by atomic mass is 10.0. The van der Waals surface area contributed by atoms with E-state index in [9.17, 15) is 19.7 Å². The second-order valence-electron chi connectivity index (χ2n) is 5.31. The standard InChI is InChI=1S/C15H18N2O6/c1-11-4-2-3-9-16(11)13(18)10-22-15(19)8-6-12-5-7-14(23-12)17(20)21/h5-8,11H,2-4,9-10H2,1H3/b8-6+/t11-/m1/s1. The number of carbonyl (C=O) groups excluding carboxylic acids is 2. The number of ether oxygens (including phenoxy) is 1. The van der Waals surface area contributed by atoms with E-state index in [4.69, 9.17) is 9.15 Å². The zero-order valence-corrected chi connectivity index (χ0v) is 12.8. The molecule has 1 amide bonds. The van der Waals surface area contributed by atoms with E-state index in [1.807, 2.05) is 6.92 Å². The average molecular weight is 322 g/mol. The normalized spacial score (nSPS) is 18.1. The highest BCUT2D eigenvalue weighted by molar-refractivity contribution is 5.89. The lowest BCUT2D eigenvalue weighted by molar-refractivity contribution is -0.402. The van der Waals surface area contributed by atoms with Gasteiger partial charge in [-0.15, -0.1) is 0 Å². The minimum atomic E-state index is -0.706. The van der Waals surface area contributed by atoms with Gasteiger partial charge in [-0.3, -0.25) is 14.9 Å². The molecular formula is C15H18N2O6. The molecule has 1 aliphatic heterocycles. The van der Waals surface area contributed by atoms with Gasteiger partial charge in [0.25, 0.3) is 5.91 Å². The number of nitrogens with zero attached hydrogens (tertiary/aromatic N) is 2. The van der Waals surface area contributed by atoms with Gasteiger partial charge in [0.15, 0.2) is 6.61 Å². The van der Waals surface area contributed by atoms with Crippen LogP contribution in [-0.2, 0) is 14.3 Å². The molecule has 8 heteroatoms. The Morgan fingerprint density at radius 2 is 2.26 bits per heavy atom. The highest BCUT2D eigenvalue weighted by Gasteiger charge is 2.23. The first-order valence-corrected chi connectivity index (χ1v) is 7.36. The van der Waals surface area contributed by atoms with Gasteiger partial charge in [-0.25, -0.2) is 4.79 Å². The fourth-order valence-electron chi connectivity index (χ4n) is 2.41. The number of furan rings is 1. The summed E-state index contributed by atoms with van der Waals surface area (Å²) in [5.74, 6) is -1.17. The summed E-state index contributed by atoms with van der Waals surface area (Å²) in [6, 6.07) is 2.71. The van der Waals surface area contributed by atoms with Crippen molar-refractivity contribution in [3.05, 3.63) is 34.1 Å². The molecule has 0 bridgehead atoms. The zero-order chi connectivity index (χ0) is 16.8. The van der Waals surface area contributed by atoms with Crippen molar-refractivity contribution in [1.82, 2.24) is 4.90 Å². The van der Waals surface area contributed by atoms with Gasteiger partial charge in [-0.2, -0.15) is 0 Å². The molecule has 2 heterocycles. The SMILES string of the molecule is C[C@@H]1CCCCN1C(=O)COC(=O)/C=C/c1ccc([N+](=O)[O-])o1. The molecule has 0 radical (unpaired) electrons. The summed E-state index contributed by atoms with van der Waals surface area (Å²) in [6.45, 7) is 2.35. The van der Waals surface area contributed by atoms with Crippen molar-refractivity contribution in [1.29, 1.82) is 0 Å². The van der Waals surface area contributed by atoms with E-state index in [0.717, 1.165) is 25.3 Å². The van der Waals surface area contributed by atoms with Gasteiger partial charge in [0.1, 0.15) is 10.7 Å². The number of carbonyl (C=O) groups is 2. The van der Waals surface area contributed by atoms with Gasteiger partial charge in [-0.1, -0.05) is 0 Å². The van der Waals surface area contributed by atoms with Gasteiger partial charge in [0.05, 0.1) is 6.07 Å². The molecule has 1 fully saturated rings. The van der Waals surface area contributed by atoms with Crippen molar-refractivity contribution >= 4 is 23.8 Å². The van der Waals surface area contributed by atoms with Crippen molar-refractivity contribution < 1.29 is 23.7 Å². The van der Waals surface area contributed by atoms with Gasteiger partial charge < -0.3 is 14.1 Å². The number of nitro groups is 1. The summed E-state index contributed by atoms with van der Waals surface area (Å²) in [6.07, 6.45) is 5.33. The number of likely N-dealkylation sites (tertiary alicyclic amines) is 1. The third-order valence-corrected chi connectivity index (χ3v) is 3.64. The number of rotatable bonds is 5. The quantitative estimate of drug-likeness (QED) is 0.356. The van der Waals surface area contributed by atoms with Crippen molar-refractivity contribution in [2.75, 3.05) is 13.2 Å². The lowest BCUT2D eigenvalue weighted by Gasteiger charge is -2.33.